The maximum atomic E-state index is 14.1. The van der Waals surface area contributed by atoms with E-state index in [1.165, 1.54) is 108 Å². The van der Waals surface area contributed by atoms with Crippen LogP contribution in [0, 0.1) is 19.7 Å². The molecule has 7 unspecified atom stereocenters. The van der Waals surface area contributed by atoms with Gasteiger partial charge in [-0.25, -0.2) is 14.0 Å². The van der Waals surface area contributed by atoms with Gasteiger partial charge in [-0.3, -0.25) is 36.9 Å². The van der Waals surface area contributed by atoms with Gasteiger partial charge in [0, 0.05) is 106 Å². The number of benzene rings is 8. The minimum atomic E-state index is -2.98. The quantitative estimate of drug-likeness (QED) is 0.0118. The molecule has 0 bridgehead atoms. The first-order valence-corrected chi connectivity index (χ1v) is 65.7. The Morgan fingerprint density at radius 3 is 1.07 bits per heavy atom. The Balaban J connectivity index is 0.000000307. The molecule has 0 saturated carbocycles. The molecule has 8 aromatic rings. The van der Waals surface area contributed by atoms with Crippen molar-refractivity contribution < 1.29 is 121 Å². The highest BCUT2D eigenvalue weighted by atomic mass is 33.1. The van der Waals surface area contributed by atoms with Crippen LogP contribution in [0.4, 0.5) is 4.39 Å². The summed E-state index contributed by atoms with van der Waals surface area (Å²) in [6, 6.07) is 48.8. The number of esters is 5. The number of ether oxygens (including phenoxy) is 5. The lowest BCUT2D eigenvalue weighted by atomic mass is 9.97. The van der Waals surface area contributed by atoms with Crippen LogP contribution in [0.15, 0.2) is 174 Å². The molecule has 1 aliphatic rings. The highest BCUT2D eigenvalue weighted by molar-refractivity contribution is 8.77. The molecule has 0 aliphatic heterocycles. The van der Waals surface area contributed by atoms with Crippen molar-refractivity contribution in [1.29, 1.82) is 0 Å². The molecule has 41 heteroatoms. The van der Waals surface area contributed by atoms with Crippen molar-refractivity contribution in [2.45, 2.75) is 98.8 Å². The summed E-state index contributed by atoms with van der Waals surface area (Å²) in [4.78, 5) is 61.3. The Labute approximate surface area is 843 Å². The lowest BCUT2D eigenvalue weighted by Gasteiger charge is -2.13. The Morgan fingerprint density at radius 1 is 0.390 bits per heavy atom. The van der Waals surface area contributed by atoms with Gasteiger partial charge in [-0.2, -0.15) is 0 Å². The van der Waals surface area contributed by atoms with E-state index in [-0.39, 0.29) is 66.1 Å². The molecule has 8 aromatic carbocycles. The zero-order chi connectivity index (χ0) is 99.9. The number of carbonyl (C=O) groups is 5. The minimum absolute atomic E-state index is 0.0439. The lowest BCUT2D eigenvalue weighted by molar-refractivity contribution is -0.145. The molecular formula is C95H127FO25P4S11. The third-order valence-corrected chi connectivity index (χ3v) is 36.8. The summed E-state index contributed by atoms with van der Waals surface area (Å²) in [5.41, 5.74) is 10.3. The summed E-state index contributed by atoms with van der Waals surface area (Å²) < 4.78 is 140. The number of halogens is 1. The molecule has 0 saturated heterocycles. The summed E-state index contributed by atoms with van der Waals surface area (Å²) in [5, 5.41) is 22.8. The Morgan fingerprint density at radius 2 is 0.721 bits per heavy atom. The molecule has 0 amide bonds. The van der Waals surface area contributed by atoms with Crippen molar-refractivity contribution in [1.82, 2.24) is 0 Å². The third kappa shape index (κ3) is 49.7. The predicted octanol–water partition coefficient (Wildman–Crippen LogP) is 26.3. The first kappa shape index (κ1) is 121. The van der Waals surface area contributed by atoms with Crippen LogP contribution in [0.25, 0.3) is 38.8 Å². The van der Waals surface area contributed by atoms with Crippen molar-refractivity contribution in [3.8, 4) is 11.5 Å². The van der Waals surface area contributed by atoms with Gasteiger partial charge in [0.05, 0.1) is 82.2 Å². The van der Waals surface area contributed by atoms with E-state index in [0.717, 1.165) is 72.6 Å². The van der Waals surface area contributed by atoms with Crippen LogP contribution < -0.4 is 0 Å². The number of phenols is 2. The maximum absolute atomic E-state index is 14.1. The minimum Gasteiger partial charge on any atom is -0.508 e. The van der Waals surface area contributed by atoms with Gasteiger partial charge in [0.25, 0.3) is 0 Å². The molecule has 7 atom stereocenters. The van der Waals surface area contributed by atoms with Gasteiger partial charge < -0.3 is 70.1 Å². The average Bonchev–Trinajstić information content (AvgIpc) is 1.62. The molecule has 0 radical (unpaired) electrons. The van der Waals surface area contributed by atoms with Crippen molar-refractivity contribution >= 4 is 218 Å². The van der Waals surface area contributed by atoms with Crippen LogP contribution in [0.1, 0.15) is 140 Å². The van der Waals surface area contributed by atoms with E-state index < -0.39 is 47.2 Å². The SMILES string of the molecule is CCCSSCCOC(=O)c1ccc(O)cc1.CCOP(C)(=O)OCCSSCCOC(=O)C(C)c1ccc2cc(C)ccc2c1.CCOP(C)(=O)OCCSSCCOC(=O)C(C)c1ccc2cc(C)ccc2c1.CCOP(C)(=O)OCCSSCCOC(=O)CC1=C(C)/C(=C/c2ccc(S(C)=O)cc2)c2ccc(F)cc21.CCOP(C)(=O)OCCSSCCOC(=O)c1ccc(O)cc1. The van der Waals surface area contributed by atoms with Crippen molar-refractivity contribution in [3.63, 3.8) is 0 Å². The molecule has 2 N–H and O–H groups in total. The topological polar surface area (TPSA) is 331 Å². The highest BCUT2D eigenvalue weighted by Gasteiger charge is 2.28. The van der Waals surface area contributed by atoms with E-state index in [0.29, 0.717) is 142 Å². The zero-order valence-electron chi connectivity index (χ0n) is 79.4. The molecule has 1 aliphatic carbocycles. The fourth-order valence-electron chi connectivity index (χ4n) is 11.9. The van der Waals surface area contributed by atoms with Gasteiger partial charge in [-0.1, -0.05) is 217 Å². The number of allylic oxidation sites excluding steroid dienone is 2. The highest BCUT2D eigenvalue weighted by Crippen LogP contribution is 2.48. The standard InChI is InChI=1S/C27H32FO6PS3.2C21H29O5PS2.C14H21O6PS2.C12H16O3S2/c1-5-33-35(3,30)34-13-15-37-36-14-12-32-27(29)18-25-19(2)24(23-11-8-21(28)17-26(23)25)16-20-6-9-22(10-7-20)38(4)31;2*1-5-25-27(4,23)26-11-13-29-28-12-10-24-21(22)17(3)18-8-9-19-14-16(2)6-7-20(19)15-18;1-3-19-21(2,17)20-9-11-23-22-10-8-18-14(16)12-4-6-13(15)7-5-12;1-2-8-16-17-9-7-15-12(14)10-3-5-11(13)6-4-10/h6-11,16-17H,5,12-15,18H2,1-4H3;2*6-9,14-15,17H,5,10-13H2,1-4H3;4-7,15H,3,8-11H2,1-2H3;3-6,13H,2,7-9H2,1H3/b24-16-;;;;. The number of hydrogen-bond acceptors (Lipinski definition) is 35. The predicted molar refractivity (Wildman–Crippen MR) is 573 cm³/mol. The van der Waals surface area contributed by atoms with Gasteiger partial charge in [-0.15, -0.1) is 0 Å². The van der Waals surface area contributed by atoms with E-state index >= 15 is 0 Å². The van der Waals surface area contributed by atoms with Gasteiger partial charge >= 0.3 is 60.2 Å². The number of aromatic hydroxyl groups is 2. The molecule has 0 fully saturated rings. The largest absolute Gasteiger partial charge is 0.508 e. The number of fused-ring (bicyclic) bond motifs is 3. The number of rotatable bonds is 56. The average molecular weight is 2160 g/mol. The van der Waals surface area contributed by atoms with Crippen molar-refractivity contribution in [2.24, 2.45) is 0 Å². The van der Waals surface area contributed by atoms with Gasteiger partial charge in [0.15, 0.2) is 0 Å². The summed E-state index contributed by atoms with van der Waals surface area (Å²) in [6.45, 7) is 29.4. The first-order valence-electron chi connectivity index (χ1n) is 43.7. The van der Waals surface area contributed by atoms with Crippen molar-refractivity contribution in [3.05, 3.63) is 225 Å². The lowest BCUT2D eigenvalue weighted by Crippen LogP contribution is -2.14. The normalized spacial score (nSPS) is 14.3. The molecule has 136 heavy (non-hydrogen) atoms. The van der Waals surface area contributed by atoms with E-state index in [1.54, 1.807) is 149 Å². The number of phenolic OH excluding ortho intramolecular Hbond substituents is 2. The second-order valence-corrected chi connectivity index (χ2v) is 52.6. The third-order valence-electron chi connectivity index (χ3n) is 18.4. The smallest absolute Gasteiger partial charge is 0.338 e. The van der Waals surface area contributed by atoms with Crippen LogP contribution in [-0.2, 0) is 103 Å². The van der Waals surface area contributed by atoms with E-state index in [1.807, 2.05) is 63.2 Å². The van der Waals surface area contributed by atoms with Crippen LogP contribution in [0.5, 0.6) is 11.5 Å². The summed E-state index contributed by atoms with van der Waals surface area (Å²) >= 11 is 0. The van der Waals surface area contributed by atoms with E-state index in [9.17, 15) is 50.8 Å². The molecule has 25 nitrogen and oxygen atoms in total. The van der Waals surface area contributed by atoms with Crippen LogP contribution in [0.2, 0.25) is 0 Å². The summed E-state index contributed by atoms with van der Waals surface area (Å²) in [7, 11) is 3.29. The van der Waals surface area contributed by atoms with E-state index in [4.69, 9.17) is 70.1 Å². The second kappa shape index (κ2) is 67.4. The second-order valence-electron chi connectivity index (χ2n) is 29.4. The molecule has 0 heterocycles. The molecule has 750 valence electrons. The molecular weight excluding hydrogens is 2040 g/mol. The van der Waals surface area contributed by atoms with Crippen LogP contribution in [0.3, 0.4) is 0 Å². The Bertz CT molecular complexity index is 5160. The summed E-state index contributed by atoms with van der Waals surface area (Å²) in [5.74, 6) is 4.95. The van der Waals surface area contributed by atoms with Gasteiger partial charge in [-0.05, 0) is 214 Å². The van der Waals surface area contributed by atoms with Crippen LogP contribution >= 0.6 is 138 Å². The molecule has 0 aromatic heterocycles. The fourth-order valence-corrected chi connectivity index (χ4v) is 25.3. The number of hydrogen-bond donors (Lipinski definition) is 2. The molecule has 0 spiro atoms. The van der Waals surface area contributed by atoms with Crippen LogP contribution in [-0.4, -0.2) is 221 Å². The van der Waals surface area contributed by atoms with E-state index in [2.05, 4.69) is 81.4 Å². The van der Waals surface area contributed by atoms with Gasteiger partial charge in [0.1, 0.15) is 50.4 Å². The number of carbonyl (C=O) groups excluding carboxylic acids is 5. The molecule has 9 rings (SSSR count). The van der Waals surface area contributed by atoms with Gasteiger partial charge in [0.2, 0.25) is 0 Å². The Hall–Kier alpha value is -5.11. The Kier molecular flexibility index (Phi) is 60.2. The maximum Gasteiger partial charge on any atom is 0.338 e. The zero-order valence-corrected chi connectivity index (χ0v) is 92.0. The summed E-state index contributed by atoms with van der Waals surface area (Å²) in [6.07, 6.45) is 4.83. The monoisotopic (exact) mass is 2160 g/mol. The van der Waals surface area contributed by atoms with Crippen molar-refractivity contribution in [2.75, 3.05) is 176 Å². The fraction of sp³-hybridized carbons (Fsp3) is 0.442. The first-order chi connectivity index (χ1) is 64.9. The number of aryl methyl sites for hydroxylation is 2.